The molecule has 1 heterocycles. The van der Waals surface area contributed by atoms with Crippen LogP contribution in [0.15, 0.2) is 54.6 Å². The van der Waals surface area contributed by atoms with Gasteiger partial charge in [-0.05, 0) is 43.3 Å². The van der Waals surface area contributed by atoms with Crippen LogP contribution in [0, 0.1) is 0 Å². The molecule has 0 aromatic heterocycles. The van der Waals surface area contributed by atoms with Gasteiger partial charge in [0.1, 0.15) is 11.8 Å². The topological polar surface area (TPSA) is 99.8 Å². The Balaban J connectivity index is 1.63. The maximum Gasteiger partial charge on any atom is 0.322 e. The molecule has 0 radical (unpaired) electrons. The molecule has 8 heteroatoms. The van der Waals surface area contributed by atoms with Gasteiger partial charge in [0.25, 0.3) is 0 Å². The molecular weight excluding hydrogens is 372 g/mol. The predicted octanol–water partition coefficient (Wildman–Crippen LogP) is 2.45. The van der Waals surface area contributed by atoms with Crippen LogP contribution in [0.4, 0.5) is 16.2 Å². The number of carbonyl (C=O) groups is 3. The van der Waals surface area contributed by atoms with Crippen molar-refractivity contribution in [1.29, 1.82) is 0 Å². The van der Waals surface area contributed by atoms with Crippen molar-refractivity contribution in [3.63, 3.8) is 0 Å². The third kappa shape index (κ3) is 5.47. The first-order chi connectivity index (χ1) is 14.1. The normalized spacial score (nSPS) is 16.0. The smallest absolute Gasteiger partial charge is 0.322 e. The van der Waals surface area contributed by atoms with Crippen LogP contribution in [0.3, 0.4) is 0 Å². The minimum absolute atomic E-state index is 0.138. The second-order valence-electron chi connectivity index (χ2n) is 6.51. The summed E-state index contributed by atoms with van der Waals surface area (Å²) in [6.07, 6.45) is -0.138. The van der Waals surface area contributed by atoms with E-state index in [0.717, 1.165) is 0 Å². The largest absolute Gasteiger partial charge is 0.494 e. The first-order valence-electron chi connectivity index (χ1n) is 9.50. The van der Waals surface area contributed by atoms with Gasteiger partial charge in [-0.15, -0.1) is 0 Å². The Bertz CT molecular complexity index is 855. The average molecular weight is 396 g/mol. The van der Waals surface area contributed by atoms with E-state index in [9.17, 15) is 14.4 Å². The Kier molecular flexibility index (Phi) is 6.67. The lowest BCUT2D eigenvalue weighted by atomic mass is 10.1. The van der Waals surface area contributed by atoms with E-state index in [4.69, 9.17) is 4.74 Å². The van der Waals surface area contributed by atoms with E-state index < -0.39 is 12.1 Å². The van der Waals surface area contributed by atoms with Gasteiger partial charge in [0.05, 0.1) is 13.0 Å². The van der Waals surface area contributed by atoms with Gasteiger partial charge in [0.2, 0.25) is 11.8 Å². The van der Waals surface area contributed by atoms with Crippen LogP contribution in [-0.2, 0) is 9.59 Å². The van der Waals surface area contributed by atoms with Crippen molar-refractivity contribution in [2.24, 2.45) is 0 Å². The molecule has 1 aliphatic rings. The zero-order chi connectivity index (χ0) is 20.6. The van der Waals surface area contributed by atoms with E-state index >= 15 is 0 Å². The molecule has 0 aliphatic carbocycles. The molecule has 1 fully saturated rings. The number of anilines is 2. The molecule has 0 saturated carbocycles. The zero-order valence-electron chi connectivity index (χ0n) is 16.2. The number of para-hydroxylation sites is 1. The number of amides is 4. The molecular formula is C21H24N4O4. The fourth-order valence-electron chi connectivity index (χ4n) is 3.07. The summed E-state index contributed by atoms with van der Waals surface area (Å²) in [6.45, 7) is 3.12. The Hall–Kier alpha value is -3.55. The van der Waals surface area contributed by atoms with Crippen molar-refractivity contribution >= 4 is 29.2 Å². The predicted molar refractivity (Wildman–Crippen MR) is 110 cm³/mol. The highest BCUT2D eigenvalue weighted by atomic mass is 16.5. The molecule has 8 nitrogen and oxygen atoms in total. The Morgan fingerprint density at radius 2 is 1.76 bits per heavy atom. The monoisotopic (exact) mass is 396 g/mol. The summed E-state index contributed by atoms with van der Waals surface area (Å²) < 4.78 is 5.37. The van der Waals surface area contributed by atoms with Crippen LogP contribution in [0.2, 0.25) is 0 Å². The molecule has 0 bridgehead atoms. The maximum atomic E-state index is 12.7. The van der Waals surface area contributed by atoms with Crippen LogP contribution < -0.4 is 20.7 Å². The highest BCUT2D eigenvalue weighted by Gasteiger charge is 2.34. The fraction of sp³-hybridized carbons (Fsp3) is 0.286. The Labute approximate surface area is 169 Å². The van der Waals surface area contributed by atoms with Gasteiger partial charge in [-0.25, -0.2) is 4.79 Å². The summed E-state index contributed by atoms with van der Waals surface area (Å²) in [5.74, 6) is 0.0101. The minimum atomic E-state index is -0.879. The molecule has 1 atom stereocenters. The quantitative estimate of drug-likeness (QED) is 0.698. The summed E-state index contributed by atoms with van der Waals surface area (Å²) in [5.41, 5.74) is 1.22. The van der Waals surface area contributed by atoms with E-state index in [-0.39, 0.29) is 18.2 Å². The molecule has 2 aromatic rings. The molecule has 0 unspecified atom stereocenters. The van der Waals surface area contributed by atoms with Gasteiger partial charge in [-0.1, -0.05) is 18.2 Å². The highest BCUT2D eigenvalue weighted by Crippen LogP contribution is 2.17. The lowest BCUT2D eigenvalue weighted by molar-refractivity contribution is -0.130. The lowest BCUT2D eigenvalue weighted by Crippen LogP contribution is -2.59. The standard InChI is InChI=1S/C21H24N4O4/c1-2-29-17-10-8-16(9-11-17)23-19(26)14-18-20(27)22-12-13-25(18)21(28)24-15-6-4-3-5-7-15/h3-11,18H,2,12-14H2,1H3,(H,22,27)(H,23,26)(H,24,28)/t18-/m0/s1. The zero-order valence-corrected chi connectivity index (χ0v) is 16.2. The van der Waals surface area contributed by atoms with Crippen molar-refractivity contribution in [2.75, 3.05) is 30.3 Å². The van der Waals surface area contributed by atoms with Crippen molar-refractivity contribution in [3.8, 4) is 5.75 Å². The minimum Gasteiger partial charge on any atom is -0.494 e. The lowest BCUT2D eigenvalue weighted by Gasteiger charge is -2.34. The molecule has 4 amide bonds. The fourth-order valence-corrected chi connectivity index (χ4v) is 3.07. The number of ether oxygens (including phenoxy) is 1. The van der Waals surface area contributed by atoms with Gasteiger partial charge in [0.15, 0.2) is 0 Å². The average Bonchev–Trinajstić information content (AvgIpc) is 2.72. The second-order valence-corrected chi connectivity index (χ2v) is 6.51. The number of urea groups is 1. The number of hydrogen-bond acceptors (Lipinski definition) is 4. The van der Waals surface area contributed by atoms with Crippen LogP contribution in [0.5, 0.6) is 5.75 Å². The van der Waals surface area contributed by atoms with E-state index in [0.29, 0.717) is 36.8 Å². The van der Waals surface area contributed by atoms with Crippen molar-refractivity contribution in [2.45, 2.75) is 19.4 Å². The second kappa shape index (κ2) is 9.59. The van der Waals surface area contributed by atoms with Crippen molar-refractivity contribution in [1.82, 2.24) is 10.2 Å². The van der Waals surface area contributed by atoms with Gasteiger partial charge in [0, 0.05) is 24.5 Å². The van der Waals surface area contributed by atoms with Crippen LogP contribution >= 0.6 is 0 Å². The summed E-state index contributed by atoms with van der Waals surface area (Å²) in [5, 5.41) is 8.23. The number of nitrogens with one attached hydrogen (secondary N) is 3. The van der Waals surface area contributed by atoms with Gasteiger partial charge in [-0.3, -0.25) is 9.59 Å². The molecule has 0 spiro atoms. The summed E-state index contributed by atoms with van der Waals surface area (Å²) in [6, 6.07) is 14.6. The van der Waals surface area contributed by atoms with E-state index in [1.807, 2.05) is 13.0 Å². The molecule has 2 aromatic carbocycles. The van der Waals surface area contributed by atoms with Gasteiger partial charge >= 0.3 is 6.03 Å². The number of nitrogens with zero attached hydrogens (tertiary/aromatic N) is 1. The maximum absolute atomic E-state index is 12.7. The number of hydrogen-bond donors (Lipinski definition) is 3. The Morgan fingerprint density at radius 1 is 1.07 bits per heavy atom. The molecule has 29 heavy (non-hydrogen) atoms. The number of rotatable bonds is 6. The third-order valence-electron chi connectivity index (χ3n) is 4.44. The van der Waals surface area contributed by atoms with Gasteiger partial charge < -0.3 is 25.6 Å². The number of benzene rings is 2. The summed E-state index contributed by atoms with van der Waals surface area (Å²) in [4.78, 5) is 38.9. The molecule has 1 saturated heterocycles. The summed E-state index contributed by atoms with van der Waals surface area (Å²) in [7, 11) is 0. The highest BCUT2D eigenvalue weighted by molar-refractivity contribution is 5.99. The molecule has 1 aliphatic heterocycles. The van der Waals surface area contributed by atoms with Crippen LogP contribution in [0.25, 0.3) is 0 Å². The molecule has 3 N–H and O–H groups in total. The van der Waals surface area contributed by atoms with Gasteiger partial charge in [-0.2, -0.15) is 0 Å². The van der Waals surface area contributed by atoms with Crippen molar-refractivity contribution < 1.29 is 19.1 Å². The SMILES string of the molecule is CCOc1ccc(NC(=O)C[C@H]2C(=O)NCCN2C(=O)Nc2ccccc2)cc1. The third-order valence-corrected chi connectivity index (χ3v) is 4.44. The molecule has 3 rings (SSSR count). The first-order valence-corrected chi connectivity index (χ1v) is 9.50. The summed E-state index contributed by atoms with van der Waals surface area (Å²) >= 11 is 0. The van der Waals surface area contributed by atoms with Crippen LogP contribution in [0.1, 0.15) is 13.3 Å². The van der Waals surface area contributed by atoms with E-state index in [1.165, 1.54) is 4.90 Å². The van der Waals surface area contributed by atoms with E-state index in [1.54, 1.807) is 48.5 Å². The number of piperazine rings is 1. The Morgan fingerprint density at radius 3 is 2.45 bits per heavy atom. The molecule has 152 valence electrons. The van der Waals surface area contributed by atoms with E-state index in [2.05, 4.69) is 16.0 Å². The van der Waals surface area contributed by atoms with Crippen molar-refractivity contribution in [3.05, 3.63) is 54.6 Å². The number of carbonyl (C=O) groups excluding carboxylic acids is 3. The first kappa shape index (κ1) is 20.2. The van der Waals surface area contributed by atoms with Crippen LogP contribution in [-0.4, -0.2) is 48.5 Å².